The maximum atomic E-state index is 12.4. The highest BCUT2D eigenvalue weighted by Crippen LogP contribution is 2.12. The van der Waals surface area contributed by atoms with Crippen LogP contribution in [0.5, 0.6) is 0 Å². The molecule has 2 N–H and O–H groups in total. The molecule has 0 aliphatic rings. The summed E-state index contributed by atoms with van der Waals surface area (Å²) in [5.41, 5.74) is 1.73. The first-order valence-electron chi connectivity index (χ1n) is 8.48. The fourth-order valence-electron chi connectivity index (χ4n) is 2.65. The fourth-order valence-corrected chi connectivity index (χ4v) is 2.65. The van der Waals surface area contributed by atoms with E-state index in [1.54, 1.807) is 38.1 Å². The lowest BCUT2D eigenvalue weighted by Gasteiger charge is -2.07. The average molecular weight is 369 g/mol. The van der Waals surface area contributed by atoms with Gasteiger partial charge in [-0.1, -0.05) is 0 Å². The van der Waals surface area contributed by atoms with Gasteiger partial charge in [0.25, 0.3) is 11.3 Å². The molecule has 1 aromatic carbocycles. The Kier molecular flexibility index (Phi) is 5.30. The molecule has 0 aliphatic heterocycles. The van der Waals surface area contributed by atoms with Gasteiger partial charge in [-0.15, -0.1) is 0 Å². The molecule has 2 heterocycles. The minimum absolute atomic E-state index is 0.123. The number of H-pyrrole nitrogens is 1. The molecular weight excluding hydrogens is 350 g/mol. The molecule has 0 bridgehead atoms. The Morgan fingerprint density at radius 1 is 1.26 bits per heavy atom. The molecular formula is C18H19N5O4. The van der Waals surface area contributed by atoms with E-state index >= 15 is 0 Å². The Morgan fingerprint density at radius 2 is 2.00 bits per heavy atom. The topological polar surface area (TPSA) is 118 Å². The zero-order chi connectivity index (χ0) is 19.4. The summed E-state index contributed by atoms with van der Waals surface area (Å²) in [5.74, 6) is -0.354. The van der Waals surface area contributed by atoms with Gasteiger partial charge in [-0.25, -0.2) is 14.8 Å². The molecule has 9 heteroatoms. The third-order valence-corrected chi connectivity index (χ3v) is 4.01. The number of amides is 1. The minimum atomic E-state index is -0.409. The first-order chi connectivity index (χ1) is 13.0. The molecule has 3 rings (SSSR count). The van der Waals surface area contributed by atoms with Crippen LogP contribution in [0, 0.1) is 6.92 Å². The van der Waals surface area contributed by atoms with Gasteiger partial charge < -0.3 is 10.1 Å². The van der Waals surface area contributed by atoms with Crippen molar-refractivity contribution in [3.05, 3.63) is 57.8 Å². The number of fused-ring (bicyclic) bond motifs is 1. The number of aromatic nitrogens is 4. The van der Waals surface area contributed by atoms with Gasteiger partial charge in [-0.3, -0.25) is 14.7 Å². The van der Waals surface area contributed by atoms with Crippen LogP contribution in [0.25, 0.3) is 5.78 Å². The quantitative estimate of drug-likeness (QED) is 0.635. The van der Waals surface area contributed by atoms with E-state index in [1.165, 1.54) is 10.8 Å². The Morgan fingerprint density at radius 3 is 2.70 bits per heavy atom. The van der Waals surface area contributed by atoms with Crippen LogP contribution < -0.4 is 10.9 Å². The standard InChI is InChI=1S/C18H19N5O4/c1-3-27-17(26)12-4-6-13(7-5-12)22-15(24)9-8-14-11(2)21-18-19-10-20-23(18)16(14)25/h4-7,10H,3,8-9H2,1-2H3,(H,22,24)(H,19,20,21). The number of esters is 1. The lowest BCUT2D eigenvalue weighted by atomic mass is 10.1. The Bertz CT molecular complexity index is 1040. The van der Waals surface area contributed by atoms with E-state index in [4.69, 9.17) is 4.74 Å². The van der Waals surface area contributed by atoms with Crippen molar-refractivity contribution >= 4 is 23.3 Å². The minimum Gasteiger partial charge on any atom is -0.462 e. The van der Waals surface area contributed by atoms with Crippen molar-refractivity contribution in [2.45, 2.75) is 26.7 Å². The molecule has 0 aliphatic carbocycles. The van der Waals surface area contributed by atoms with Gasteiger partial charge in [0.05, 0.1) is 17.9 Å². The lowest BCUT2D eigenvalue weighted by molar-refractivity contribution is -0.116. The van der Waals surface area contributed by atoms with E-state index in [-0.39, 0.29) is 24.3 Å². The van der Waals surface area contributed by atoms with Crippen LogP contribution in [0.1, 0.15) is 35.0 Å². The molecule has 2 aromatic heterocycles. The lowest BCUT2D eigenvalue weighted by Crippen LogP contribution is -2.23. The third-order valence-electron chi connectivity index (χ3n) is 4.01. The first kappa shape index (κ1) is 18.3. The second-order valence-corrected chi connectivity index (χ2v) is 5.85. The second-order valence-electron chi connectivity index (χ2n) is 5.85. The number of aromatic amines is 1. The molecule has 0 fully saturated rings. The summed E-state index contributed by atoms with van der Waals surface area (Å²) < 4.78 is 6.16. The predicted molar refractivity (Wildman–Crippen MR) is 97.7 cm³/mol. The smallest absolute Gasteiger partial charge is 0.338 e. The Hall–Kier alpha value is -3.49. The largest absolute Gasteiger partial charge is 0.462 e. The van der Waals surface area contributed by atoms with Gasteiger partial charge in [-0.05, 0) is 44.5 Å². The van der Waals surface area contributed by atoms with Gasteiger partial charge in [-0.2, -0.15) is 4.52 Å². The zero-order valence-corrected chi connectivity index (χ0v) is 15.0. The number of aryl methyl sites for hydroxylation is 1. The molecule has 0 unspecified atom stereocenters. The fraction of sp³-hybridized carbons (Fsp3) is 0.278. The van der Waals surface area contributed by atoms with Gasteiger partial charge >= 0.3 is 5.97 Å². The number of hydrogen-bond acceptors (Lipinski definition) is 6. The first-order valence-corrected chi connectivity index (χ1v) is 8.48. The number of nitrogens with zero attached hydrogens (tertiary/aromatic N) is 3. The summed E-state index contributed by atoms with van der Waals surface area (Å²) in [6.07, 6.45) is 1.77. The van der Waals surface area contributed by atoms with Crippen molar-refractivity contribution in [1.29, 1.82) is 0 Å². The SMILES string of the molecule is CCOC(=O)c1ccc(NC(=O)CCc2c(C)nc3nc[nH]n3c2=O)cc1. The summed E-state index contributed by atoms with van der Waals surface area (Å²) in [5, 5.41) is 5.44. The number of rotatable bonds is 6. The molecule has 1 amide bonds. The van der Waals surface area contributed by atoms with Crippen molar-refractivity contribution in [3.8, 4) is 0 Å². The summed E-state index contributed by atoms with van der Waals surface area (Å²) in [4.78, 5) is 44.4. The number of hydrogen-bond donors (Lipinski definition) is 2. The number of carbonyl (C=O) groups excluding carboxylic acids is 2. The number of carbonyl (C=O) groups is 2. The number of anilines is 1. The van der Waals surface area contributed by atoms with Gasteiger partial charge in [0.2, 0.25) is 5.91 Å². The van der Waals surface area contributed by atoms with E-state index in [0.29, 0.717) is 34.9 Å². The molecule has 27 heavy (non-hydrogen) atoms. The predicted octanol–water partition coefficient (Wildman–Crippen LogP) is 1.47. The van der Waals surface area contributed by atoms with Crippen LogP contribution in [-0.4, -0.2) is 38.1 Å². The van der Waals surface area contributed by atoms with E-state index in [0.717, 1.165) is 0 Å². The highest BCUT2D eigenvalue weighted by Gasteiger charge is 2.13. The number of benzene rings is 1. The monoisotopic (exact) mass is 369 g/mol. The van der Waals surface area contributed by atoms with Crippen LogP contribution in [0.3, 0.4) is 0 Å². The van der Waals surface area contributed by atoms with Gasteiger partial charge in [0.1, 0.15) is 6.33 Å². The van der Waals surface area contributed by atoms with E-state index in [9.17, 15) is 14.4 Å². The molecule has 0 radical (unpaired) electrons. The molecule has 0 saturated heterocycles. The van der Waals surface area contributed by atoms with Crippen molar-refractivity contribution in [3.63, 3.8) is 0 Å². The van der Waals surface area contributed by atoms with E-state index < -0.39 is 5.97 Å². The van der Waals surface area contributed by atoms with Crippen LogP contribution in [-0.2, 0) is 16.0 Å². The van der Waals surface area contributed by atoms with Crippen molar-refractivity contribution in [2.24, 2.45) is 0 Å². The summed E-state index contributed by atoms with van der Waals surface area (Å²) in [6.45, 7) is 3.76. The average Bonchev–Trinajstić information content (AvgIpc) is 3.11. The van der Waals surface area contributed by atoms with Gasteiger partial charge in [0.15, 0.2) is 0 Å². The highest BCUT2D eigenvalue weighted by molar-refractivity contribution is 5.93. The Labute approximate surface area is 154 Å². The highest BCUT2D eigenvalue weighted by atomic mass is 16.5. The van der Waals surface area contributed by atoms with Crippen molar-refractivity contribution in [2.75, 3.05) is 11.9 Å². The van der Waals surface area contributed by atoms with Gasteiger partial charge in [0, 0.05) is 17.7 Å². The maximum Gasteiger partial charge on any atom is 0.338 e. The molecule has 9 nitrogen and oxygen atoms in total. The molecule has 0 saturated carbocycles. The molecule has 140 valence electrons. The molecule has 3 aromatic rings. The van der Waals surface area contributed by atoms with Crippen LogP contribution in [0.2, 0.25) is 0 Å². The number of ether oxygens (including phenoxy) is 1. The van der Waals surface area contributed by atoms with Crippen LogP contribution in [0.15, 0.2) is 35.4 Å². The van der Waals surface area contributed by atoms with Crippen molar-refractivity contribution < 1.29 is 14.3 Å². The Balaban J connectivity index is 1.63. The summed E-state index contributed by atoms with van der Waals surface area (Å²) in [6, 6.07) is 6.42. The van der Waals surface area contributed by atoms with Crippen LogP contribution >= 0.6 is 0 Å². The van der Waals surface area contributed by atoms with Crippen molar-refractivity contribution in [1.82, 2.24) is 19.6 Å². The number of nitrogens with one attached hydrogen (secondary N) is 2. The maximum absolute atomic E-state index is 12.4. The summed E-state index contributed by atoms with van der Waals surface area (Å²) >= 11 is 0. The normalized spacial score (nSPS) is 10.7. The van der Waals surface area contributed by atoms with Crippen LogP contribution in [0.4, 0.5) is 5.69 Å². The third kappa shape index (κ3) is 4.02. The van der Waals surface area contributed by atoms with E-state index in [2.05, 4.69) is 20.4 Å². The molecule has 0 spiro atoms. The zero-order valence-electron chi connectivity index (χ0n) is 15.0. The second kappa shape index (κ2) is 7.81. The summed E-state index contributed by atoms with van der Waals surface area (Å²) in [7, 11) is 0. The molecule has 0 atom stereocenters. The van der Waals surface area contributed by atoms with E-state index in [1.807, 2.05) is 0 Å².